The highest BCUT2D eigenvalue weighted by Crippen LogP contribution is 2.34. The first kappa shape index (κ1) is 28.5. The predicted molar refractivity (Wildman–Crippen MR) is 131 cm³/mol. The molecule has 3 rings (SSSR count). The number of halogens is 5. The Balaban J connectivity index is 1.86. The summed E-state index contributed by atoms with van der Waals surface area (Å²) >= 11 is 12.3. The molecule has 7 nitrogen and oxygen atoms in total. The molecule has 1 amide bonds. The summed E-state index contributed by atoms with van der Waals surface area (Å²) in [5, 5.41) is 5.88. The van der Waals surface area contributed by atoms with Gasteiger partial charge >= 0.3 is 6.36 Å². The van der Waals surface area contributed by atoms with Crippen molar-refractivity contribution in [3.05, 3.63) is 57.1 Å². The highest BCUT2D eigenvalue weighted by Gasteiger charge is 2.34. The molecule has 1 unspecified atom stereocenters. The van der Waals surface area contributed by atoms with Gasteiger partial charge in [-0.1, -0.05) is 30.1 Å². The Hall–Kier alpha value is -2.05. The molecule has 0 bridgehead atoms. The molecular weight excluding hydrogens is 542 g/mol. The van der Waals surface area contributed by atoms with E-state index >= 15 is 0 Å². The number of ether oxygens (including phenoxy) is 1. The Morgan fingerprint density at radius 1 is 1.22 bits per heavy atom. The lowest BCUT2D eigenvalue weighted by molar-refractivity contribution is -0.275. The summed E-state index contributed by atoms with van der Waals surface area (Å²) in [7, 11) is -1.78. The van der Waals surface area contributed by atoms with Crippen LogP contribution >= 0.6 is 23.2 Å². The van der Waals surface area contributed by atoms with Crippen molar-refractivity contribution < 1.29 is 31.1 Å². The van der Waals surface area contributed by atoms with Crippen LogP contribution in [0.2, 0.25) is 10.0 Å². The number of sulfone groups is 1. The summed E-state index contributed by atoms with van der Waals surface area (Å²) in [4.78, 5) is 14.8. The van der Waals surface area contributed by atoms with Gasteiger partial charge in [0, 0.05) is 53.4 Å². The summed E-state index contributed by atoms with van der Waals surface area (Å²) in [6.07, 6.45) is -4.15. The number of hydrogen-bond acceptors (Lipinski definition) is 6. The molecule has 0 radical (unpaired) electrons. The number of rotatable bonds is 9. The van der Waals surface area contributed by atoms with E-state index in [1.165, 1.54) is 31.2 Å². The molecule has 1 aliphatic heterocycles. The maximum absolute atomic E-state index is 13.2. The minimum Gasteiger partial charge on any atom is -0.405 e. The first-order valence-electron chi connectivity index (χ1n) is 11.1. The van der Waals surface area contributed by atoms with Crippen LogP contribution in [0.4, 0.5) is 13.2 Å². The van der Waals surface area contributed by atoms with Crippen molar-refractivity contribution >= 4 is 38.9 Å². The molecule has 0 aliphatic carbocycles. The number of alkyl halides is 3. The lowest BCUT2D eigenvalue weighted by atomic mass is 10.1. The average molecular weight is 568 g/mol. The van der Waals surface area contributed by atoms with Gasteiger partial charge in [-0.25, -0.2) is 8.42 Å². The number of likely N-dealkylation sites (N-methyl/N-ethyl adjacent to an activating group) is 1. The molecule has 0 aromatic heterocycles. The standard InChI is InChI=1S/C23H26Cl2F3N3O4S/c1-3-36(33,34)21-5-4-16(24)8-15(21)11-30-22(32)14-9-19(25)18(20(10-14)35-23(26,27)28)13-31-7-6-17(12-31)29-2/h4-5,8-10,17,29H,3,6-7,11-13H2,1-2H3,(H,30,32). The van der Waals surface area contributed by atoms with E-state index in [-0.39, 0.29) is 56.5 Å². The number of hydrogen-bond donors (Lipinski definition) is 2. The second kappa shape index (κ2) is 11.6. The van der Waals surface area contributed by atoms with Crippen molar-refractivity contribution in [3.8, 4) is 5.75 Å². The van der Waals surface area contributed by atoms with Crippen LogP contribution in [0.15, 0.2) is 35.2 Å². The van der Waals surface area contributed by atoms with Gasteiger partial charge in [-0.15, -0.1) is 13.2 Å². The molecule has 2 N–H and O–H groups in total. The van der Waals surface area contributed by atoms with E-state index < -0.39 is 27.9 Å². The third kappa shape index (κ3) is 7.25. The lowest BCUT2D eigenvalue weighted by Crippen LogP contribution is -2.30. The highest BCUT2D eigenvalue weighted by atomic mass is 35.5. The van der Waals surface area contributed by atoms with Crippen LogP contribution in [0.25, 0.3) is 0 Å². The van der Waals surface area contributed by atoms with Crippen LogP contribution < -0.4 is 15.4 Å². The van der Waals surface area contributed by atoms with Crippen LogP contribution in [0.1, 0.15) is 34.8 Å². The van der Waals surface area contributed by atoms with Gasteiger partial charge in [-0.3, -0.25) is 9.69 Å². The second-order valence-electron chi connectivity index (χ2n) is 8.33. The third-order valence-electron chi connectivity index (χ3n) is 5.88. The van der Waals surface area contributed by atoms with E-state index in [9.17, 15) is 26.4 Å². The number of benzene rings is 2. The molecule has 1 aliphatic rings. The molecule has 1 saturated heterocycles. The topological polar surface area (TPSA) is 87.7 Å². The van der Waals surface area contributed by atoms with E-state index in [4.69, 9.17) is 23.2 Å². The molecule has 2 aromatic carbocycles. The zero-order chi connectivity index (χ0) is 26.7. The molecule has 198 valence electrons. The van der Waals surface area contributed by atoms with Crippen LogP contribution in [-0.4, -0.2) is 57.5 Å². The van der Waals surface area contributed by atoms with Gasteiger partial charge in [-0.2, -0.15) is 0 Å². The maximum Gasteiger partial charge on any atom is 0.573 e. The molecule has 0 spiro atoms. The van der Waals surface area contributed by atoms with Crippen LogP contribution in [-0.2, 0) is 22.9 Å². The summed E-state index contributed by atoms with van der Waals surface area (Å²) in [6, 6.07) is 6.65. The van der Waals surface area contributed by atoms with Gasteiger partial charge in [-0.05, 0) is 49.4 Å². The summed E-state index contributed by atoms with van der Waals surface area (Å²) < 4.78 is 68.5. The van der Waals surface area contributed by atoms with Crippen molar-refractivity contribution in [3.63, 3.8) is 0 Å². The number of carbonyl (C=O) groups excluding carboxylic acids is 1. The zero-order valence-corrected chi connectivity index (χ0v) is 21.9. The van der Waals surface area contributed by atoms with Crippen LogP contribution in [0.3, 0.4) is 0 Å². The Kier molecular flexibility index (Phi) is 9.16. The largest absolute Gasteiger partial charge is 0.573 e. The fraction of sp³-hybridized carbons (Fsp3) is 0.435. The molecular formula is C23H26Cl2F3N3O4S. The van der Waals surface area contributed by atoms with E-state index in [1.807, 2.05) is 11.9 Å². The summed E-state index contributed by atoms with van der Waals surface area (Å²) in [6.45, 7) is 2.67. The zero-order valence-electron chi connectivity index (χ0n) is 19.6. The Morgan fingerprint density at radius 2 is 1.94 bits per heavy atom. The van der Waals surface area contributed by atoms with Gasteiger partial charge in [0.05, 0.1) is 10.6 Å². The third-order valence-corrected chi connectivity index (χ3v) is 8.28. The average Bonchev–Trinajstić information content (AvgIpc) is 3.26. The van der Waals surface area contributed by atoms with E-state index in [1.54, 1.807) is 0 Å². The number of nitrogens with zero attached hydrogens (tertiary/aromatic N) is 1. The van der Waals surface area contributed by atoms with Gasteiger partial charge in [0.15, 0.2) is 9.84 Å². The first-order chi connectivity index (χ1) is 16.8. The Bertz CT molecular complexity index is 1230. The first-order valence-corrected chi connectivity index (χ1v) is 13.5. The minimum absolute atomic E-state index is 0.00894. The van der Waals surface area contributed by atoms with Crippen molar-refractivity contribution in [1.29, 1.82) is 0 Å². The summed E-state index contributed by atoms with van der Waals surface area (Å²) in [5.74, 6) is -1.48. The Labute approximate surface area is 217 Å². The molecule has 36 heavy (non-hydrogen) atoms. The van der Waals surface area contributed by atoms with Gasteiger partial charge < -0.3 is 15.4 Å². The maximum atomic E-state index is 13.2. The number of nitrogens with one attached hydrogen (secondary N) is 2. The molecule has 1 heterocycles. The van der Waals surface area contributed by atoms with Gasteiger partial charge in [0.25, 0.3) is 5.91 Å². The molecule has 2 aromatic rings. The van der Waals surface area contributed by atoms with Crippen LogP contribution in [0.5, 0.6) is 5.75 Å². The summed E-state index contributed by atoms with van der Waals surface area (Å²) in [5.41, 5.74) is 0.202. The number of likely N-dealkylation sites (tertiary alicyclic amines) is 1. The molecule has 13 heteroatoms. The molecule has 1 atom stereocenters. The van der Waals surface area contributed by atoms with Gasteiger partial charge in [0.2, 0.25) is 0 Å². The SMILES string of the molecule is CCS(=O)(=O)c1ccc(Cl)cc1CNC(=O)c1cc(Cl)c(CN2CCC(NC)C2)c(OC(F)(F)F)c1. The van der Waals surface area contributed by atoms with Crippen molar-refractivity contribution in [2.75, 3.05) is 25.9 Å². The van der Waals surface area contributed by atoms with Crippen LogP contribution in [0, 0.1) is 0 Å². The predicted octanol–water partition coefficient (Wildman–Crippen LogP) is 4.41. The molecule has 1 fully saturated rings. The van der Waals surface area contributed by atoms with Crippen molar-refractivity contribution in [1.82, 2.24) is 15.5 Å². The number of carbonyl (C=O) groups is 1. The van der Waals surface area contributed by atoms with Gasteiger partial charge in [0.1, 0.15) is 5.75 Å². The number of amides is 1. The Morgan fingerprint density at radius 3 is 2.56 bits per heavy atom. The van der Waals surface area contributed by atoms with Crippen molar-refractivity contribution in [2.24, 2.45) is 0 Å². The lowest BCUT2D eigenvalue weighted by Gasteiger charge is -2.21. The smallest absolute Gasteiger partial charge is 0.405 e. The normalized spacial score (nSPS) is 16.8. The fourth-order valence-corrected chi connectivity index (χ4v) is 5.55. The fourth-order valence-electron chi connectivity index (χ4n) is 3.97. The van der Waals surface area contributed by atoms with Crippen molar-refractivity contribution in [2.45, 2.75) is 43.7 Å². The van der Waals surface area contributed by atoms with E-state index in [2.05, 4.69) is 15.4 Å². The minimum atomic E-state index is -4.99. The monoisotopic (exact) mass is 567 g/mol. The van der Waals surface area contributed by atoms with E-state index in [0.717, 1.165) is 12.5 Å². The second-order valence-corrected chi connectivity index (χ2v) is 11.4. The molecule has 0 saturated carbocycles. The highest BCUT2D eigenvalue weighted by molar-refractivity contribution is 7.91. The van der Waals surface area contributed by atoms with E-state index in [0.29, 0.717) is 13.1 Å². The quantitative estimate of drug-likeness (QED) is 0.466.